The first-order chi connectivity index (χ1) is 14.2. The molecule has 8 nitrogen and oxygen atoms in total. The van der Waals surface area contributed by atoms with Gasteiger partial charge in [-0.2, -0.15) is 33.3 Å². The van der Waals surface area contributed by atoms with Gasteiger partial charge in [-0.1, -0.05) is 6.07 Å². The lowest BCUT2D eigenvalue weighted by Gasteiger charge is -2.12. The Kier molecular flexibility index (Phi) is 5.50. The number of alkyl halides is 3. The number of nitrogens with zero attached hydrogens (tertiary/aromatic N) is 4. The van der Waals surface area contributed by atoms with Crippen molar-refractivity contribution in [3.63, 3.8) is 0 Å². The predicted octanol–water partition coefficient (Wildman–Crippen LogP) is 2.79. The van der Waals surface area contributed by atoms with Crippen molar-refractivity contribution in [2.75, 3.05) is 0 Å². The summed E-state index contributed by atoms with van der Waals surface area (Å²) >= 11 is 0. The molecule has 11 heteroatoms. The van der Waals surface area contributed by atoms with Crippen molar-refractivity contribution >= 4 is 12.1 Å². The highest BCUT2D eigenvalue weighted by atomic mass is 19.4. The van der Waals surface area contributed by atoms with Crippen LogP contribution in [0.1, 0.15) is 32.9 Å². The summed E-state index contributed by atoms with van der Waals surface area (Å²) in [5.74, 6) is -0.515. The maximum atomic E-state index is 13.0. The van der Waals surface area contributed by atoms with Gasteiger partial charge < -0.3 is 4.42 Å². The average Bonchev–Trinajstić information content (AvgIpc) is 3.21. The van der Waals surface area contributed by atoms with Gasteiger partial charge in [0.1, 0.15) is 17.4 Å². The van der Waals surface area contributed by atoms with Crippen molar-refractivity contribution in [1.29, 1.82) is 5.26 Å². The maximum Gasteiger partial charge on any atom is 0.416 e. The summed E-state index contributed by atoms with van der Waals surface area (Å²) < 4.78 is 44.6. The minimum atomic E-state index is -4.65. The molecule has 0 radical (unpaired) electrons. The first-order valence-electron chi connectivity index (χ1n) is 8.31. The van der Waals surface area contributed by atoms with Gasteiger partial charge in [0.25, 0.3) is 11.5 Å². The molecule has 1 amide bonds. The Labute approximate surface area is 166 Å². The monoisotopic (exact) mass is 415 g/mol. The minimum Gasteiger partial charge on any atom is -0.463 e. The standard InChI is InChI=1S/C19H12F3N5O3/c1-11-15(9-23)18(29)27(13-5-2-4-12(8-13)19(20,21)22)26-16(11)17(28)25-24-10-14-6-3-7-30-14/h2-8,10H,1H3,(H,25,28)/b24-10+. The summed E-state index contributed by atoms with van der Waals surface area (Å²) in [6.45, 7) is 1.33. The maximum absolute atomic E-state index is 13.0. The Morgan fingerprint density at radius 3 is 2.73 bits per heavy atom. The molecule has 0 aliphatic rings. The molecule has 152 valence electrons. The molecule has 2 aromatic heterocycles. The number of carbonyl (C=O) groups excluding carboxylic acids is 1. The number of furan rings is 1. The van der Waals surface area contributed by atoms with E-state index < -0.39 is 28.8 Å². The first-order valence-corrected chi connectivity index (χ1v) is 8.31. The molecule has 0 aliphatic heterocycles. The molecule has 1 aromatic carbocycles. The number of hydrazone groups is 1. The van der Waals surface area contributed by atoms with E-state index in [4.69, 9.17) is 4.42 Å². The number of hydrogen-bond donors (Lipinski definition) is 1. The van der Waals surface area contributed by atoms with Crippen molar-refractivity contribution < 1.29 is 22.4 Å². The highest BCUT2D eigenvalue weighted by Gasteiger charge is 2.31. The van der Waals surface area contributed by atoms with E-state index in [-0.39, 0.29) is 16.9 Å². The van der Waals surface area contributed by atoms with Crippen molar-refractivity contribution in [3.8, 4) is 11.8 Å². The second kappa shape index (κ2) is 8.04. The molecule has 30 heavy (non-hydrogen) atoms. The summed E-state index contributed by atoms with van der Waals surface area (Å²) in [6.07, 6.45) is -2.04. The molecule has 0 unspecified atom stereocenters. The molecular weight excluding hydrogens is 403 g/mol. The Morgan fingerprint density at radius 2 is 2.10 bits per heavy atom. The Balaban J connectivity index is 2.05. The second-order valence-electron chi connectivity index (χ2n) is 5.94. The number of carbonyl (C=O) groups is 1. The quantitative estimate of drug-likeness (QED) is 0.520. The third-order valence-corrected chi connectivity index (χ3v) is 3.98. The van der Waals surface area contributed by atoms with Crippen molar-refractivity contribution in [3.05, 3.63) is 81.2 Å². The van der Waals surface area contributed by atoms with E-state index in [1.165, 1.54) is 25.5 Å². The molecule has 0 saturated heterocycles. The van der Waals surface area contributed by atoms with Crippen LogP contribution in [-0.2, 0) is 6.18 Å². The van der Waals surface area contributed by atoms with Crippen molar-refractivity contribution in [2.45, 2.75) is 13.1 Å². The summed E-state index contributed by atoms with van der Waals surface area (Å²) in [7, 11) is 0. The van der Waals surface area contributed by atoms with Gasteiger partial charge in [-0.05, 0) is 37.3 Å². The Morgan fingerprint density at radius 1 is 1.33 bits per heavy atom. The van der Waals surface area contributed by atoms with Gasteiger partial charge in [0.2, 0.25) is 0 Å². The van der Waals surface area contributed by atoms with Crippen LogP contribution in [0.4, 0.5) is 13.2 Å². The van der Waals surface area contributed by atoms with Crippen LogP contribution >= 0.6 is 0 Å². The lowest BCUT2D eigenvalue weighted by Crippen LogP contribution is -2.31. The molecule has 3 rings (SSSR count). The number of rotatable bonds is 4. The summed E-state index contributed by atoms with van der Waals surface area (Å²) in [5, 5.41) is 16.9. The molecule has 3 aromatic rings. The fourth-order valence-corrected chi connectivity index (χ4v) is 2.51. The first kappa shape index (κ1) is 20.5. The number of nitriles is 1. The van der Waals surface area contributed by atoms with E-state index in [0.29, 0.717) is 16.5 Å². The van der Waals surface area contributed by atoms with Crippen LogP contribution in [0, 0.1) is 18.3 Å². The molecule has 0 aliphatic carbocycles. The van der Waals surface area contributed by atoms with Crippen LogP contribution in [0.5, 0.6) is 0 Å². The fraction of sp³-hybridized carbons (Fsp3) is 0.105. The Hall–Kier alpha value is -4.20. The third kappa shape index (κ3) is 4.12. The highest BCUT2D eigenvalue weighted by Crippen LogP contribution is 2.30. The minimum absolute atomic E-state index is 0.0311. The molecule has 0 bridgehead atoms. The second-order valence-corrected chi connectivity index (χ2v) is 5.94. The summed E-state index contributed by atoms with van der Waals surface area (Å²) in [6, 6.07) is 8.67. The van der Waals surface area contributed by atoms with Crippen LogP contribution in [0.3, 0.4) is 0 Å². The molecular formula is C19H12F3N5O3. The fourth-order valence-electron chi connectivity index (χ4n) is 2.51. The molecule has 0 fully saturated rings. The van der Waals surface area contributed by atoms with Crippen LogP contribution in [0.25, 0.3) is 5.69 Å². The van der Waals surface area contributed by atoms with Gasteiger partial charge in [0.05, 0.1) is 23.7 Å². The van der Waals surface area contributed by atoms with Gasteiger partial charge >= 0.3 is 6.18 Å². The van der Waals surface area contributed by atoms with Crippen LogP contribution in [0.15, 0.2) is 57.0 Å². The van der Waals surface area contributed by atoms with Crippen molar-refractivity contribution in [2.24, 2.45) is 5.10 Å². The third-order valence-electron chi connectivity index (χ3n) is 3.98. The highest BCUT2D eigenvalue weighted by molar-refractivity contribution is 5.94. The van der Waals surface area contributed by atoms with Crippen LogP contribution < -0.4 is 11.0 Å². The smallest absolute Gasteiger partial charge is 0.416 e. The molecule has 0 spiro atoms. The number of benzene rings is 1. The number of amides is 1. The van der Waals surface area contributed by atoms with E-state index in [0.717, 1.165) is 12.1 Å². The van der Waals surface area contributed by atoms with E-state index in [1.807, 2.05) is 0 Å². The zero-order chi connectivity index (χ0) is 21.9. The summed E-state index contributed by atoms with van der Waals surface area (Å²) in [4.78, 5) is 25.0. The zero-order valence-corrected chi connectivity index (χ0v) is 15.3. The normalized spacial score (nSPS) is 11.4. The van der Waals surface area contributed by atoms with Gasteiger partial charge in [0.15, 0.2) is 5.69 Å². The number of aromatic nitrogens is 2. The lowest BCUT2D eigenvalue weighted by atomic mass is 10.1. The van der Waals surface area contributed by atoms with Gasteiger partial charge in [-0.3, -0.25) is 9.59 Å². The van der Waals surface area contributed by atoms with Gasteiger partial charge in [-0.25, -0.2) is 5.43 Å². The summed E-state index contributed by atoms with van der Waals surface area (Å²) in [5.41, 5.74) is -0.856. The zero-order valence-electron chi connectivity index (χ0n) is 15.3. The molecule has 0 saturated carbocycles. The van der Waals surface area contributed by atoms with E-state index >= 15 is 0 Å². The van der Waals surface area contributed by atoms with E-state index in [2.05, 4.69) is 15.6 Å². The topological polar surface area (TPSA) is 113 Å². The van der Waals surface area contributed by atoms with Crippen molar-refractivity contribution in [1.82, 2.24) is 15.2 Å². The van der Waals surface area contributed by atoms with Gasteiger partial charge in [0, 0.05) is 5.56 Å². The van der Waals surface area contributed by atoms with Gasteiger partial charge in [-0.15, -0.1) is 0 Å². The van der Waals surface area contributed by atoms with E-state index in [9.17, 15) is 28.0 Å². The SMILES string of the molecule is Cc1c(C(=O)N/N=C/c2ccco2)nn(-c2cccc(C(F)(F)F)c2)c(=O)c1C#N. The molecule has 0 atom stereocenters. The van der Waals surface area contributed by atoms with E-state index in [1.54, 1.807) is 18.2 Å². The lowest BCUT2D eigenvalue weighted by molar-refractivity contribution is -0.137. The predicted molar refractivity (Wildman–Crippen MR) is 98.1 cm³/mol. The number of hydrogen-bond acceptors (Lipinski definition) is 6. The average molecular weight is 415 g/mol. The number of halogens is 3. The molecule has 2 heterocycles. The van der Waals surface area contributed by atoms with Crippen LogP contribution in [0.2, 0.25) is 0 Å². The Bertz CT molecular complexity index is 1220. The number of nitrogens with one attached hydrogen (secondary N) is 1. The largest absolute Gasteiger partial charge is 0.463 e. The molecule has 1 N–H and O–H groups in total. The van der Waals surface area contributed by atoms with Crippen LogP contribution in [-0.4, -0.2) is 21.9 Å².